The van der Waals surface area contributed by atoms with Crippen molar-refractivity contribution in [2.24, 2.45) is 5.41 Å². The van der Waals surface area contributed by atoms with E-state index in [2.05, 4.69) is 5.10 Å². The zero-order valence-corrected chi connectivity index (χ0v) is 16.3. The summed E-state index contributed by atoms with van der Waals surface area (Å²) in [5.41, 5.74) is 3.64. The van der Waals surface area contributed by atoms with Crippen LogP contribution < -0.4 is 0 Å². The number of nitrogens with zero attached hydrogens (tertiary/aromatic N) is 3. The summed E-state index contributed by atoms with van der Waals surface area (Å²) in [5.74, 6) is -1.09. The number of aryl methyl sites for hydroxylation is 1. The first kappa shape index (κ1) is 18.7. The lowest BCUT2D eigenvalue weighted by Gasteiger charge is -2.23. The summed E-state index contributed by atoms with van der Waals surface area (Å²) in [7, 11) is 1.49. The molecule has 28 heavy (non-hydrogen) atoms. The lowest BCUT2D eigenvalue weighted by Crippen LogP contribution is -2.40. The SMILES string of the molecule is COCC1(C(=O)O)CCN(C(=O)c2nn(-c3ccc(C)cc3)c3c2CCC3)C1. The summed E-state index contributed by atoms with van der Waals surface area (Å²) in [6.45, 7) is 2.69. The summed E-state index contributed by atoms with van der Waals surface area (Å²) in [6, 6.07) is 8.09. The van der Waals surface area contributed by atoms with Crippen LogP contribution in [0.5, 0.6) is 0 Å². The summed E-state index contributed by atoms with van der Waals surface area (Å²) in [6.07, 6.45) is 3.12. The van der Waals surface area contributed by atoms with Crippen LogP contribution in [0.1, 0.15) is 40.2 Å². The molecule has 1 N–H and O–H groups in total. The zero-order valence-electron chi connectivity index (χ0n) is 16.3. The molecular weight excluding hydrogens is 358 g/mol. The molecule has 2 aromatic rings. The standard InChI is InChI=1S/C21H25N3O4/c1-14-6-8-15(9-7-14)24-17-5-3-4-16(17)18(22-24)19(25)23-11-10-21(12-23,13-28-2)20(26)27/h6-9H,3-5,10-13H2,1-2H3,(H,26,27). The second-order valence-corrected chi connectivity index (χ2v) is 7.87. The number of rotatable bonds is 5. The lowest BCUT2D eigenvalue weighted by molar-refractivity contribution is -0.151. The molecule has 0 radical (unpaired) electrons. The predicted octanol–water partition coefficient (Wildman–Crippen LogP) is 2.23. The number of hydrogen-bond acceptors (Lipinski definition) is 4. The number of carbonyl (C=O) groups excluding carboxylic acids is 1. The van der Waals surface area contributed by atoms with E-state index in [0.717, 1.165) is 36.2 Å². The van der Waals surface area contributed by atoms with E-state index >= 15 is 0 Å². The van der Waals surface area contributed by atoms with Gasteiger partial charge in [0.1, 0.15) is 5.41 Å². The monoisotopic (exact) mass is 383 g/mol. The van der Waals surface area contributed by atoms with Crippen molar-refractivity contribution in [2.75, 3.05) is 26.8 Å². The molecular formula is C21H25N3O4. The lowest BCUT2D eigenvalue weighted by atomic mass is 9.88. The molecule has 1 fully saturated rings. The van der Waals surface area contributed by atoms with E-state index in [0.29, 0.717) is 18.7 Å². The van der Waals surface area contributed by atoms with Crippen LogP contribution >= 0.6 is 0 Å². The summed E-state index contributed by atoms with van der Waals surface area (Å²) < 4.78 is 7.01. The normalized spacial score (nSPS) is 21.1. The maximum absolute atomic E-state index is 13.2. The molecule has 148 valence electrons. The molecule has 0 spiro atoms. The van der Waals surface area contributed by atoms with Crippen molar-refractivity contribution < 1.29 is 19.4 Å². The molecule has 1 aromatic carbocycles. The highest BCUT2D eigenvalue weighted by molar-refractivity contribution is 5.95. The van der Waals surface area contributed by atoms with Gasteiger partial charge in [0, 0.05) is 31.5 Å². The van der Waals surface area contributed by atoms with Gasteiger partial charge in [0.05, 0.1) is 12.3 Å². The second-order valence-electron chi connectivity index (χ2n) is 7.87. The Labute approximate surface area is 163 Å². The van der Waals surface area contributed by atoms with Crippen LogP contribution in [0.2, 0.25) is 0 Å². The van der Waals surface area contributed by atoms with Gasteiger partial charge in [-0.3, -0.25) is 9.59 Å². The van der Waals surface area contributed by atoms with Crippen molar-refractivity contribution in [2.45, 2.75) is 32.6 Å². The molecule has 1 aromatic heterocycles. The molecule has 1 aliphatic heterocycles. The van der Waals surface area contributed by atoms with E-state index in [1.165, 1.54) is 12.7 Å². The fourth-order valence-corrected chi connectivity index (χ4v) is 4.33. The number of aliphatic carboxylic acids is 1. The summed E-state index contributed by atoms with van der Waals surface area (Å²) in [4.78, 5) is 26.6. The average Bonchev–Trinajstić information content (AvgIpc) is 3.37. The van der Waals surface area contributed by atoms with E-state index < -0.39 is 11.4 Å². The van der Waals surface area contributed by atoms with Gasteiger partial charge in [0.15, 0.2) is 5.69 Å². The highest BCUT2D eigenvalue weighted by atomic mass is 16.5. The smallest absolute Gasteiger partial charge is 0.313 e. The molecule has 1 aliphatic carbocycles. The van der Waals surface area contributed by atoms with Crippen LogP contribution in [-0.2, 0) is 22.4 Å². The highest BCUT2D eigenvalue weighted by Gasteiger charge is 2.47. The third kappa shape index (κ3) is 2.99. The number of benzene rings is 1. The minimum atomic E-state index is -1.03. The zero-order chi connectivity index (χ0) is 19.9. The number of hydrogen-bond donors (Lipinski definition) is 1. The van der Waals surface area contributed by atoms with Gasteiger partial charge in [-0.05, 0) is 44.7 Å². The Morgan fingerprint density at radius 3 is 2.68 bits per heavy atom. The maximum Gasteiger partial charge on any atom is 0.313 e. The predicted molar refractivity (Wildman–Crippen MR) is 103 cm³/mol. The van der Waals surface area contributed by atoms with Crippen molar-refractivity contribution in [1.82, 2.24) is 14.7 Å². The van der Waals surface area contributed by atoms with E-state index in [1.54, 1.807) is 4.90 Å². The fourth-order valence-electron chi connectivity index (χ4n) is 4.33. The topological polar surface area (TPSA) is 84.7 Å². The molecule has 0 bridgehead atoms. The molecule has 2 aliphatic rings. The number of ether oxygens (including phenoxy) is 1. The molecule has 0 saturated carbocycles. The molecule has 1 atom stereocenters. The van der Waals surface area contributed by atoms with Crippen molar-refractivity contribution in [3.05, 3.63) is 46.8 Å². The van der Waals surface area contributed by atoms with Crippen LogP contribution in [0.15, 0.2) is 24.3 Å². The van der Waals surface area contributed by atoms with Crippen LogP contribution in [0.4, 0.5) is 0 Å². The van der Waals surface area contributed by atoms with Gasteiger partial charge in [-0.25, -0.2) is 4.68 Å². The van der Waals surface area contributed by atoms with Crippen LogP contribution in [-0.4, -0.2) is 58.5 Å². The Balaban J connectivity index is 1.65. The molecule has 1 unspecified atom stereocenters. The van der Waals surface area contributed by atoms with Crippen molar-refractivity contribution >= 4 is 11.9 Å². The van der Waals surface area contributed by atoms with E-state index in [4.69, 9.17) is 4.74 Å². The van der Waals surface area contributed by atoms with Gasteiger partial charge >= 0.3 is 5.97 Å². The molecule has 4 rings (SSSR count). The number of carbonyl (C=O) groups is 2. The summed E-state index contributed by atoms with van der Waals surface area (Å²) in [5, 5.41) is 14.3. The Morgan fingerprint density at radius 1 is 1.25 bits per heavy atom. The minimum absolute atomic E-state index is 0.0992. The van der Waals surface area contributed by atoms with Gasteiger partial charge in [-0.15, -0.1) is 0 Å². The van der Waals surface area contributed by atoms with Crippen molar-refractivity contribution in [1.29, 1.82) is 0 Å². The molecule has 1 saturated heterocycles. The first-order valence-electron chi connectivity index (χ1n) is 9.64. The third-order valence-corrected chi connectivity index (χ3v) is 5.93. The number of methoxy groups -OCH3 is 1. The minimum Gasteiger partial charge on any atom is -0.481 e. The number of likely N-dealkylation sites (tertiary alicyclic amines) is 1. The number of fused-ring (bicyclic) bond motifs is 1. The van der Waals surface area contributed by atoms with Crippen LogP contribution in [0.3, 0.4) is 0 Å². The summed E-state index contributed by atoms with van der Waals surface area (Å²) >= 11 is 0. The van der Waals surface area contributed by atoms with Crippen LogP contribution in [0.25, 0.3) is 5.69 Å². The van der Waals surface area contributed by atoms with E-state index in [1.807, 2.05) is 35.9 Å². The number of carboxylic acid groups (broad SMARTS) is 1. The van der Waals surface area contributed by atoms with Gasteiger partial charge in [0.2, 0.25) is 0 Å². The van der Waals surface area contributed by atoms with Crippen molar-refractivity contribution in [3.63, 3.8) is 0 Å². The van der Waals surface area contributed by atoms with Gasteiger partial charge < -0.3 is 14.7 Å². The van der Waals surface area contributed by atoms with Gasteiger partial charge in [-0.2, -0.15) is 5.10 Å². The molecule has 7 nitrogen and oxygen atoms in total. The van der Waals surface area contributed by atoms with Crippen LogP contribution in [0, 0.1) is 12.3 Å². The fraction of sp³-hybridized carbons (Fsp3) is 0.476. The van der Waals surface area contributed by atoms with E-state index in [-0.39, 0.29) is 19.1 Å². The number of carboxylic acids is 1. The Morgan fingerprint density at radius 2 is 2.00 bits per heavy atom. The Kier molecular flexibility index (Phi) is 4.71. The van der Waals surface area contributed by atoms with Gasteiger partial charge in [-0.1, -0.05) is 17.7 Å². The Hall–Kier alpha value is -2.67. The first-order valence-corrected chi connectivity index (χ1v) is 9.64. The molecule has 1 amide bonds. The van der Waals surface area contributed by atoms with E-state index in [9.17, 15) is 14.7 Å². The first-order chi connectivity index (χ1) is 13.4. The average molecular weight is 383 g/mol. The number of amides is 1. The molecule has 7 heteroatoms. The molecule has 2 heterocycles. The number of aromatic nitrogens is 2. The quantitative estimate of drug-likeness (QED) is 0.856. The Bertz CT molecular complexity index is 918. The third-order valence-electron chi connectivity index (χ3n) is 5.93. The van der Waals surface area contributed by atoms with Crippen molar-refractivity contribution in [3.8, 4) is 5.69 Å². The maximum atomic E-state index is 13.2. The second kappa shape index (κ2) is 7.05. The van der Waals surface area contributed by atoms with Gasteiger partial charge in [0.25, 0.3) is 5.91 Å². The largest absolute Gasteiger partial charge is 0.481 e. The highest BCUT2D eigenvalue weighted by Crippen LogP contribution is 2.34.